The normalized spacial score (nSPS) is 10.8. The summed E-state index contributed by atoms with van der Waals surface area (Å²) in [5.74, 6) is -1.23. The molecule has 0 aliphatic carbocycles. The molecule has 0 atom stereocenters. The van der Waals surface area contributed by atoms with Gasteiger partial charge in [0.2, 0.25) is 5.91 Å². The first-order chi connectivity index (χ1) is 15.7. The van der Waals surface area contributed by atoms with E-state index in [1.807, 2.05) is 0 Å². The molecule has 33 heavy (non-hydrogen) atoms. The zero-order valence-corrected chi connectivity index (χ0v) is 18.2. The van der Waals surface area contributed by atoms with Gasteiger partial charge in [-0.3, -0.25) is 19.2 Å². The summed E-state index contributed by atoms with van der Waals surface area (Å²) in [7, 11) is -2.97. The number of carbonyl (C=O) groups is 2. The van der Waals surface area contributed by atoms with Crippen LogP contribution in [0.2, 0.25) is 0 Å². The van der Waals surface area contributed by atoms with Gasteiger partial charge in [-0.25, -0.2) is 13.2 Å². The van der Waals surface area contributed by atoms with Gasteiger partial charge in [-0.2, -0.15) is 0 Å². The van der Waals surface area contributed by atoms with Gasteiger partial charge in [0.1, 0.15) is 6.54 Å². The summed E-state index contributed by atoms with van der Waals surface area (Å²) in [6, 6.07) is 18.3. The third-order valence-electron chi connectivity index (χ3n) is 4.54. The highest BCUT2D eigenvalue weighted by atomic mass is 32.2. The standard InChI is InChI=1S/C22H19N3O7S/c1-32-22(27)16-10-12-17(13-11-16)23-21(26)15-24(18-6-5-7-19(14-18)25(28)29)33(30,31)20-8-3-2-4-9-20/h2-14H,15H2,1H3,(H,23,26). The summed E-state index contributed by atoms with van der Waals surface area (Å²) in [6.45, 7) is -0.642. The first-order valence-corrected chi connectivity index (χ1v) is 11.0. The van der Waals surface area contributed by atoms with Gasteiger partial charge in [0.25, 0.3) is 15.7 Å². The zero-order chi connectivity index (χ0) is 24.0. The number of hydrogen-bond donors (Lipinski definition) is 1. The van der Waals surface area contributed by atoms with E-state index < -0.39 is 33.4 Å². The fraction of sp³-hybridized carbons (Fsp3) is 0.0909. The fourth-order valence-electron chi connectivity index (χ4n) is 2.93. The monoisotopic (exact) mass is 469 g/mol. The minimum absolute atomic E-state index is 0.0377. The van der Waals surface area contributed by atoms with Crippen LogP contribution in [0.3, 0.4) is 0 Å². The molecule has 0 aromatic heterocycles. The predicted molar refractivity (Wildman–Crippen MR) is 120 cm³/mol. The van der Waals surface area contributed by atoms with E-state index in [4.69, 9.17) is 0 Å². The number of anilines is 2. The maximum absolute atomic E-state index is 13.3. The van der Waals surface area contributed by atoms with Gasteiger partial charge in [0.05, 0.1) is 28.2 Å². The van der Waals surface area contributed by atoms with Crippen LogP contribution in [0, 0.1) is 10.1 Å². The van der Waals surface area contributed by atoms with Crippen LogP contribution in [0.15, 0.2) is 83.8 Å². The number of sulfonamides is 1. The largest absolute Gasteiger partial charge is 0.465 e. The van der Waals surface area contributed by atoms with Crippen molar-refractivity contribution in [2.75, 3.05) is 23.3 Å². The van der Waals surface area contributed by atoms with E-state index in [1.165, 1.54) is 73.8 Å². The zero-order valence-electron chi connectivity index (χ0n) is 17.4. The summed E-state index contributed by atoms with van der Waals surface area (Å²) in [4.78, 5) is 34.7. The molecule has 3 aromatic carbocycles. The topological polar surface area (TPSA) is 136 Å². The van der Waals surface area contributed by atoms with Crippen molar-refractivity contribution in [2.24, 2.45) is 0 Å². The number of nitrogens with one attached hydrogen (secondary N) is 1. The van der Waals surface area contributed by atoms with Gasteiger partial charge in [-0.05, 0) is 42.5 Å². The van der Waals surface area contributed by atoms with Crippen molar-refractivity contribution in [3.05, 3.63) is 94.5 Å². The molecule has 0 heterocycles. The number of nitrogens with zero attached hydrogens (tertiary/aromatic N) is 2. The smallest absolute Gasteiger partial charge is 0.337 e. The second-order valence-corrected chi connectivity index (χ2v) is 8.58. The number of nitro groups is 1. The molecule has 3 aromatic rings. The first-order valence-electron chi connectivity index (χ1n) is 9.53. The lowest BCUT2D eigenvalue weighted by Gasteiger charge is -2.24. The summed E-state index contributed by atoms with van der Waals surface area (Å²) >= 11 is 0. The summed E-state index contributed by atoms with van der Waals surface area (Å²) in [5, 5.41) is 13.7. The highest BCUT2D eigenvalue weighted by Crippen LogP contribution is 2.27. The number of ether oxygens (including phenoxy) is 1. The Hall–Kier alpha value is -4.25. The lowest BCUT2D eigenvalue weighted by Crippen LogP contribution is -2.38. The predicted octanol–water partition coefficient (Wildman–Crippen LogP) is 3.22. The Kier molecular flexibility index (Phi) is 7.04. The van der Waals surface area contributed by atoms with Crippen molar-refractivity contribution >= 4 is 39.0 Å². The van der Waals surface area contributed by atoms with E-state index >= 15 is 0 Å². The second kappa shape index (κ2) is 9.92. The lowest BCUT2D eigenvalue weighted by molar-refractivity contribution is -0.384. The van der Waals surface area contributed by atoms with Crippen LogP contribution in [0.25, 0.3) is 0 Å². The van der Waals surface area contributed by atoms with E-state index in [0.717, 1.165) is 10.4 Å². The maximum atomic E-state index is 13.3. The lowest BCUT2D eigenvalue weighted by atomic mass is 10.2. The van der Waals surface area contributed by atoms with Crippen molar-refractivity contribution in [1.29, 1.82) is 0 Å². The molecule has 10 nitrogen and oxygen atoms in total. The third kappa shape index (κ3) is 5.52. The van der Waals surface area contributed by atoms with Crippen molar-refractivity contribution in [2.45, 2.75) is 4.90 Å². The van der Waals surface area contributed by atoms with Crippen molar-refractivity contribution < 1.29 is 27.7 Å². The SMILES string of the molecule is COC(=O)c1ccc(NC(=O)CN(c2cccc([N+](=O)[O-])c2)S(=O)(=O)c2ccccc2)cc1. The van der Waals surface area contributed by atoms with Crippen LogP contribution in [0.4, 0.5) is 17.1 Å². The molecule has 0 spiro atoms. The van der Waals surface area contributed by atoms with Crippen molar-refractivity contribution in [1.82, 2.24) is 0 Å². The molecule has 0 radical (unpaired) electrons. The number of carbonyl (C=O) groups excluding carboxylic acids is 2. The van der Waals surface area contributed by atoms with Gasteiger partial charge >= 0.3 is 5.97 Å². The van der Waals surface area contributed by atoms with Crippen molar-refractivity contribution in [3.63, 3.8) is 0 Å². The minimum atomic E-state index is -4.22. The Labute approximate surface area is 189 Å². The van der Waals surface area contributed by atoms with Crippen LogP contribution >= 0.6 is 0 Å². The molecule has 0 aliphatic rings. The van der Waals surface area contributed by atoms with Gasteiger partial charge in [0.15, 0.2) is 0 Å². The molecule has 0 fully saturated rings. The highest BCUT2D eigenvalue weighted by molar-refractivity contribution is 7.92. The van der Waals surface area contributed by atoms with Crippen LogP contribution < -0.4 is 9.62 Å². The molecule has 3 rings (SSSR count). The molecule has 170 valence electrons. The summed E-state index contributed by atoms with van der Waals surface area (Å²) in [5.41, 5.74) is 0.243. The Morgan fingerprint density at radius 1 is 1.00 bits per heavy atom. The van der Waals surface area contributed by atoms with Gasteiger partial charge < -0.3 is 10.1 Å². The van der Waals surface area contributed by atoms with E-state index in [1.54, 1.807) is 6.07 Å². The number of esters is 1. The van der Waals surface area contributed by atoms with Crippen LogP contribution in [0.5, 0.6) is 0 Å². The Balaban J connectivity index is 1.91. The van der Waals surface area contributed by atoms with E-state index in [-0.39, 0.29) is 21.8 Å². The number of nitro benzene ring substituents is 1. The number of non-ortho nitro benzene ring substituents is 1. The van der Waals surface area contributed by atoms with E-state index in [2.05, 4.69) is 10.1 Å². The number of hydrogen-bond acceptors (Lipinski definition) is 7. The molecular weight excluding hydrogens is 450 g/mol. The molecule has 0 aliphatic heterocycles. The number of methoxy groups -OCH3 is 1. The van der Waals surface area contributed by atoms with E-state index in [9.17, 15) is 28.1 Å². The molecule has 0 saturated heterocycles. The Bertz CT molecular complexity index is 1280. The average Bonchev–Trinajstić information content (AvgIpc) is 2.83. The number of rotatable bonds is 8. The molecule has 0 unspecified atom stereocenters. The van der Waals surface area contributed by atoms with Crippen LogP contribution in [0.1, 0.15) is 10.4 Å². The van der Waals surface area contributed by atoms with Gasteiger partial charge in [0, 0.05) is 17.8 Å². The Morgan fingerprint density at radius 3 is 2.27 bits per heavy atom. The van der Waals surface area contributed by atoms with Crippen LogP contribution in [-0.4, -0.2) is 38.9 Å². The van der Waals surface area contributed by atoms with E-state index in [0.29, 0.717) is 5.69 Å². The van der Waals surface area contributed by atoms with Crippen molar-refractivity contribution in [3.8, 4) is 0 Å². The average molecular weight is 469 g/mol. The summed E-state index contributed by atoms with van der Waals surface area (Å²) < 4.78 is 32.0. The number of amides is 1. The second-order valence-electron chi connectivity index (χ2n) is 6.72. The molecular formula is C22H19N3O7S. The molecule has 1 amide bonds. The van der Waals surface area contributed by atoms with Gasteiger partial charge in [-0.15, -0.1) is 0 Å². The molecule has 0 bridgehead atoms. The Morgan fingerprint density at radius 2 is 1.67 bits per heavy atom. The third-order valence-corrected chi connectivity index (χ3v) is 6.32. The first kappa shape index (κ1) is 23.4. The molecule has 0 saturated carbocycles. The molecule has 11 heteroatoms. The highest BCUT2D eigenvalue weighted by Gasteiger charge is 2.28. The molecule has 1 N–H and O–H groups in total. The summed E-state index contributed by atoms with van der Waals surface area (Å²) in [6.07, 6.45) is 0. The minimum Gasteiger partial charge on any atom is -0.465 e. The van der Waals surface area contributed by atoms with Gasteiger partial charge in [-0.1, -0.05) is 24.3 Å². The number of benzene rings is 3. The van der Waals surface area contributed by atoms with Crippen LogP contribution in [-0.2, 0) is 19.6 Å². The quantitative estimate of drug-likeness (QED) is 0.304. The maximum Gasteiger partial charge on any atom is 0.337 e. The fourth-order valence-corrected chi connectivity index (χ4v) is 4.37.